The second-order valence-corrected chi connectivity index (χ2v) is 6.83. The van der Waals surface area contributed by atoms with Crippen LogP contribution in [-0.2, 0) is 14.4 Å². The van der Waals surface area contributed by atoms with Crippen LogP contribution in [0.5, 0.6) is 0 Å². The minimum Gasteiger partial charge on any atom is -0.480 e. The molecule has 0 radical (unpaired) electrons. The van der Waals surface area contributed by atoms with Crippen molar-refractivity contribution >= 4 is 29.5 Å². The van der Waals surface area contributed by atoms with Crippen LogP contribution in [0.2, 0.25) is 0 Å². The predicted octanol–water partition coefficient (Wildman–Crippen LogP) is 0.915. The van der Waals surface area contributed by atoms with E-state index in [1.54, 1.807) is 0 Å². The second-order valence-electron chi connectivity index (χ2n) is 5.83. The van der Waals surface area contributed by atoms with Gasteiger partial charge in [0.2, 0.25) is 11.8 Å². The van der Waals surface area contributed by atoms with E-state index in [0.29, 0.717) is 24.6 Å². The summed E-state index contributed by atoms with van der Waals surface area (Å²) in [4.78, 5) is 35.9. The van der Waals surface area contributed by atoms with Crippen molar-refractivity contribution in [3.63, 3.8) is 0 Å². The second kappa shape index (κ2) is 6.97. The van der Waals surface area contributed by atoms with Crippen molar-refractivity contribution in [3.8, 4) is 0 Å². The molecule has 0 saturated carbocycles. The lowest BCUT2D eigenvalue weighted by atomic mass is 9.96. The molecule has 2 amide bonds. The van der Waals surface area contributed by atoms with Gasteiger partial charge in [-0.1, -0.05) is 20.8 Å². The Labute approximate surface area is 123 Å². The number of nitrogens with one attached hydrogen (secondary N) is 1. The van der Waals surface area contributed by atoms with Crippen LogP contribution >= 0.6 is 11.8 Å². The molecule has 0 aromatic carbocycles. The van der Waals surface area contributed by atoms with Crippen LogP contribution in [0, 0.1) is 5.41 Å². The van der Waals surface area contributed by atoms with Gasteiger partial charge in [0.15, 0.2) is 0 Å². The Bertz CT molecular complexity index is 392. The first-order chi connectivity index (χ1) is 9.23. The standard InChI is InChI=1S/C13H22N2O4S/c1-13(2,3)12(19)14-6-4-5-10(16)15-8-20-7-9(15)11(17)18/h9H,4-8H2,1-3H3,(H,14,19)(H,17,18). The highest BCUT2D eigenvalue weighted by Crippen LogP contribution is 2.22. The highest BCUT2D eigenvalue weighted by molar-refractivity contribution is 7.99. The van der Waals surface area contributed by atoms with Gasteiger partial charge in [-0.3, -0.25) is 9.59 Å². The van der Waals surface area contributed by atoms with Crippen molar-refractivity contribution < 1.29 is 19.5 Å². The van der Waals surface area contributed by atoms with Crippen molar-refractivity contribution in [3.05, 3.63) is 0 Å². The van der Waals surface area contributed by atoms with Gasteiger partial charge in [-0.25, -0.2) is 4.79 Å². The van der Waals surface area contributed by atoms with Crippen LogP contribution in [0.15, 0.2) is 0 Å². The molecule has 0 bridgehead atoms. The number of carbonyl (C=O) groups excluding carboxylic acids is 2. The van der Waals surface area contributed by atoms with Gasteiger partial charge in [-0.05, 0) is 6.42 Å². The van der Waals surface area contributed by atoms with E-state index in [-0.39, 0.29) is 18.2 Å². The molecule has 0 aromatic rings. The maximum Gasteiger partial charge on any atom is 0.327 e. The molecular weight excluding hydrogens is 280 g/mol. The maximum absolute atomic E-state index is 11.9. The number of carbonyl (C=O) groups is 3. The minimum absolute atomic E-state index is 0.0508. The predicted molar refractivity (Wildman–Crippen MR) is 77.3 cm³/mol. The smallest absolute Gasteiger partial charge is 0.327 e. The van der Waals surface area contributed by atoms with Crippen molar-refractivity contribution in [2.75, 3.05) is 18.2 Å². The van der Waals surface area contributed by atoms with Gasteiger partial charge < -0.3 is 15.3 Å². The number of carboxylic acid groups (broad SMARTS) is 1. The Morgan fingerprint density at radius 2 is 2.00 bits per heavy atom. The summed E-state index contributed by atoms with van der Waals surface area (Å²) in [5.74, 6) is -0.284. The topological polar surface area (TPSA) is 86.7 Å². The molecule has 7 heteroatoms. The third kappa shape index (κ3) is 4.70. The number of carboxylic acids is 1. The third-order valence-electron chi connectivity index (χ3n) is 3.02. The van der Waals surface area contributed by atoms with Crippen LogP contribution in [0.25, 0.3) is 0 Å². The lowest BCUT2D eigenvalue weighted by Crippen LogP contribution is -2.42. The van der Waals surface area contributed by atoms with Crippen molar-refractivity contribution in [2.45, 2.75) is 39.7 Å². The fourth-order valence-corrected chi connectivity index (χ4v) is 2.92. The zero-order chi connectivity index (χ0) is 15.3. The molecule has 1 atom stereocenters. The van der Waals surface area contributed by atoms with E-state index >= 15 is 0 Å². The number of rotatable bonds is 5. The summed E-state index contributed by atoms with van der Waals surface area (Å²) >= 11 is 1.45. The van der Waals surface area contributed by atoms with Gasteiger partial charge in [0.25, 0.3) is 0 Å². The quantitative estimate of drug-likeness (QED) is 0.737. The fraction of sp³-hybridized carbons (Fsp3) is 0.769. The van der Waals surface area contributed by atoms with Gasteiger partial charge in [0, 0.05) is 24.1 Å². The molecule has 0 spiro atoms. The number of aliphatic carboxylic acids is 1. The lowest BCUT2D eigenvalue weighted by molar-refractivity contribution is -0.147. The molecule has 1 aliphatic rings. The van der Waals surface area contributed by atoms with Crippen LogP contribution < -0.4 is 5.32 Å². The number of amides is 2. The van der Waals surface area contributed by atoms with Gasteiger partial charge in [0.1, 0.15) is 6.04 Å². The summed E-state index contributed by atoms with van der Waals surface area (Å²) in [6.07, 6.45) is 0.781. The van der Waals surface area contributed by atoms with Crippen LogP contribution in [-0.4, -0.2) is 52.0 Å². The monoisotopic (exact) mass is 302 g/mol. The molecule has 1 saturated heterocycles. The van der Waals surface area contributed by atoms with Crippen molar-refractivity contribution in [1.29, 1.82) is 0 Å². The number of hydrogen-bond donors (Lipinski definition) is 2. The number of hydrogen-bond acceptors (Lipinski definition) is 4. The molecule has 6 nitrogen and oxygen atoms in total. The molecule has 1 aliphatic heterocycles. The van der Waals surface area contributed by atoms with E-state index < -0.39 is 17.4 Å². The Morgan fingerprint density at radius 1 is 1.35 bits per heavy atom. The molecule has 2 N–H and O–H groups in total. The highest BCUT2D eigenvalue weighted by atomic mass is 32.2. The third-order valence-corrected chi connectivity index (χ3v) is 4.03. The number of thioether (sulfide) groups is 1. The Kier molecular flexibility index (Phi) is 5.86. The Morgan fingerprint density at radius 3 is 2.55 bits per heavy atom. The lowest BCUT2D eigenvalue weighted by Gasteiger charge is -2.21. The van der Waals surface area contributed by atoms with Gasteiger partial charge in [-0.15, -0.1) is 11.8 Å². The minimum atomic E-state index is -0.954. The average molecular weight is 302 g/mol. The summed E-state index contributed by atoms with van der Waals surface area (Å²) in [7, 11) is 0. The number of nitrogens with zero attached hydrogens (tertiary/aromatic N) is 1. The van der Waals surface area contributed by atoms with Crippen LogP contribution in [0.3, 0.4) is 0 Å². The first-order valence-corrected chi connectivity index (χ1v) is 7.77. The molecule has 114 valence electrons. The zero-order valence-electron chi connectivity index (χ0n) is 12.1. The summed E-state index contributed by atoms with van der Waals surface area (Å²) in [6, 6.07) is -0.711. The fourth-order valence-electron chi connectivity index (χ4n) is 1.74. The normalized spacial score (nSPS) is 18.9. The SMILES string of the molecule is CC(C)(C)C(=O)NCCCC(=O)N1CSCC1C(=O)O. The average Bonchev–Trinajstić information content (AvgIpc) is 2.82. The highest BCUT2D eigenvalue weighted by Gasteiger charge is 2.34. The Balaban J connectivity index is 2.30. The maximum atomic E-state index is 11.9. The molecule has 1 fully saturated rings. The van der Waals surface area contributed by atoms with E-state index in [1.807, 2.05) is 20.8 Å². The molecule has 1 heterocycles. The van der Waals surface area contributed by atoms with E-state index in [0.717, 1.165) is 0 Å². The molecule has 1 unspecified atom stereocenters. The van der Waals surface area contributed by atoms with Crippen molar-refractivity contribution in [1.82, 2.24) is 10.2 Å². The van der Waals surface area contributed by atoms with Gasteiger partial charge >= 0.3 is 5.97 Å². The van der Waals surface area contributed by atoms with Crippen LogP contribution in [0.1, 0.15) is 33.6 Å². The zero-order valence-corrected chi connectivity index (χ0v) is 13.0. The molecule has 20 heavy (non-hydrogen) atoms. The van der Waals surface area contributed by atoms with E-state index in [1.165, 1.54) is 16.7 Å². The van der Waals surface area contributed by atoms with E-state index in [4.69, 9.17) is 5.11 Å². The largest absolute Gasteiger partial charge is 0.480 e. The van der Waals surface area contributed by atoms with E-state index in [9.17, 15) is 14.4 Å². The van der Waals surface area contributed by atoms with Crippen molar-refractivity contribution in [2.24, 2.45) is 5.41 Å². The summed E-state index contributed by atoms with van der Waals surface area (Å²) in [5.41, 5.74) is -0.440. The first-order valence-electron chi connectivity index (χ1n) is 6.62. The molecule has 1 rings (SSSR count). The van der Waals surface area contributed by atoms with Gasteiger partial charge in [-0.2, -0.15) is 0 Å². The van der Waals surface area contributed by atoms with Crippen LogP contribution in [0.4, 0.5) is 0 Å². The van der Waals surface area contributed by atoms with Gasteiger partial charge in [0.05, 0.1) is 5.88 Å². The summed E-state index contributed by atoms with van der Waals surface area (Å²) < 4.78 is 0. The molecule has 0 aliphatic carbocycles. The molecule has 0 aromatic heterocycles. The Hall–Kier alpha value is -1.24. The summed E-state index contributed by atoms with van der Waals surface area (Å²) in [5, 5.41) is 11.8. The van der Waals surface area contributed by atoms with E-state index in [2.05, 4.69) is 5.32 Å². The summed E-state index contributed by atoms with van der Waals surface area (Å²) in [6.45, 7) is 5.91. The first kappa shape index (κ1) is 16.8. The molecular formula is C13H22N2O4S.